The van der Waals surface area contributed by atoms with E-state index in [1.165, 1.54) is 22.3 Å². The largest absolute Gasteiger partial charge is 0.370 e. The topological polar surface area (TPSA) is 64.4 Å². The van der Waals surface area contributed by atoms with E-state index in [-0.39, 0.29) is 5.96 Å². The van der Waals surface area contributed by atoms with Gasteiger partial charge in [0.25, 0.3) is 0 Å². The number of nitrogens with two attached hydrogens (primary N) is 2. The summed E-state index contributed by atoms with van der Waals surface area (Å²) in [4.78, 5) is 4.08. The highest BCUT2D eigenvalue weighted by Crippen LogP contribution is 2.29. The predicted octanol–water partition coefficient (Wildman–Crippen LogP) is 3.49. The highest BCUT2D eigenvalue weighted by molar-refractivity contribution is 5.75. The maximum absolute atomic E-state index is 5.39. The highest BCUT2D eigenvalue weighted by atomic mass is 15.0. The molecule has 0 aromatic heterocycles. The van der Waals surface area contributed by atoms with Gasteiger partial charge in [-0.25, -0.2) is 0 Å². The Morgan fingerprint density at radius 2 is 1.32 bits per heavy atom. The molecule has 0 saturated heterocycles. The first-order valence-corrected chi connectivity index (χ1v) is 7.75. The standard InChI is InChI=1S/C19H25N3/c1-14-5-9-16(10-6-14)18(4-3-13-22-19(20)21)17-11-7-15(2)8-12-17/h5-12,18H,3-4,13H2,1-2H3,(H4,20,21,22). The first-order chi connectivity index (χ1) is 10.6. The van der Waals surface area contributed by atoms with E-state index in [9.17, 15) is 0 Å². The summed E-state index contributed by atoms with van der Waals surface area (Å²) in [5.41, 5.74) is 16.0. The third-order valence-electron chi connectivity index (χ3n) is 3.90. The van der Waals surface area contributed by atoms with Gasteiger partial charge in [0.05, 0.1) is 0 Å². The SMILES string of the molecule is Cc1ccc(C(CCCN=C(N)N)c2ccc(C)cc2)cc1. The Kier molecular flexibility index (Phi) is 5.59. The molecule has 0 radical (unpaired) electrons. The van der Waals surface area contributed by atoms with Gasteiger partial charge in [-0.1, -0.05) is 59.7 Å². The first-order valence-electron chi connectivity index (χ1n) is 7.75. The zero-order valence-corrected chi connectivity index (χ0v) is 13.4. The highest BCUT2D eigenvalue weighted by Gasteiger charge is 2.13. The summed E-state index contributed by atoms with van der Waals surface area (Å²) < 4.78 is 0. The number of hydrogen-bond acceptors (Lipinski definition) is 1. The van der Waals surface area contributed by atoms with Crippen molar-refractivity contribution in [3.05, 3.63) is 70.8 Å². The summed E-state index contributed by atoms with van der Waals surface area (Å²) in [6.45, 7) is 4.91. The van der Waals surface area contributed by atoms with Crippen LogP contribution in [0.5, 0.6) is 0 Å². The van der Waals surface area contributed by atoms with E-state index in [2.05, 4.69) is 67.4 Å². The fourth-order valence-corrected chi connectivity index (χ4v) is 2.63. The summed E-state index contributed by atoms with van der Waals surface area (Å²) in [5, 5.41) is 0. The first kappa shape index (κ1) is 16.1. The molecule has 4 N–H and O–H groups in total. The molecule has 22 heavy (non-hydrogen) atoms. The Morgan fingerprint density at radius 3 is 1.73 bits per heavy atom. The van der Waals surface area contributed by atoms with Crippen LogP contribution in [0.4, 0.5) is 0 Å². The van der Waals surface area contributed by atoms with Crippen LogP contribution in [0, 0.1) is 13.8 Å². The smallest absolute Gasteiger partial charge is 0.185 e. The van der Waals surface area contributed by atoms with Crippen LogP contribution in [0.2, 0.25) is 0 Å². The van der Waals surface area contributed by atoms with Crippen LogP contribution in [0.1, 0.15) is 41.0 Å². The van der Waals surface area contributed by atoms with Crippen LogP contribution < -0.4 is 11.5 Å². The van der Waals surface area contributed by atoms with Crippen LogP contribution in [0.3, 0.4) is 0 Å². The summed E-state index contributed by atoms with van der Waals surface area (Å²) in [5.74, 6) is 0.553. The lowest BCUT2D eigenvalue weighted by Gasteiger charge is -2.18. The van der Waals surface area contributed by atoms with Crippen molar-refractivity contribution in [3.63, 3.8) is 0 Å². The molecule has 0 unspecified atom stereocenters. The molecule has 116 valence electrons. The van der Waals surface area contributed by atoms with E-state index in [0.717, 1.165) is 12.8 Å². The quantitative estimate of drug-likeness (QED) is 0.487. The van der Waals surface area contributed by atoms with Crippen molar-refractivity contribution in [1.82, 2.24) is 0 Å². The molecular weight excluding hydrogens is 270 g/mol. The Hall–Kier alpha value is -2.29. The van der Waals surface area contributed by atoms with Crippen molar-refractivity contribution < 1.29 is 0 Å². The molecule has 0 heterocycles. The maximum Gasteiger partial charge on any atom is 0.185 e. The lowest BCUT2D eigenvalue weighted by Crippen LogP contribution is -2.23. The fraction of sp³-hybridized carbons (Fsp3) is 0.316. The number of benzene rings is 2. The van der Waals surface area contributed by atoms with E-state index in [4.69, 9.17) is 11.5 Å². The number of hydrogen-bond donors (Lipinski definition) is 2. The minimum atomic E-state index is 0.169. The lowest BCUT2D eigenvalue weighted by molar-refractivity contribution is 0.669. The second-order valence-corrected chi connectivity index (χ2v) is 5.82. The normalized spacial score (nSPS) is 10.7. The van der Waals surface area contributed by atoms with Gasteiger partial charge in [0.15, 0.2) is 5.96 Å². The van der Waals surface area contributed by atoms with Gasteiger partial charge in [-0.2, -0.15) is 0 Å². The molecular formula is C19H25N3. The Balaban J connectivity index is 2.18. The molecule has 2 aromatic carbocycles. The second kappa shape index (κ2) is 7.64. The van der Waals surface area contributed by atoms with Gasteiger partial charge < -0.3 is 11.5 Å². The second-order valence-electron chi connectivity index (χ2n) is 5.82. The van der Waals surface area contributed by atoms with Crippen molar-refractivity contribution in [2.24, 2.45) is 16.5 Å². The number of aliphatic imine (C=N–C) groups is 1. The average Bonchev–Trinajstić information content (AvgIpc) is 2.50. The van der Waals surface area contributed by atoms with Crippen molar-refractivity contribution in [2.75, 3.05) is 6.54 Å². The number of rotatable bonds is 6. The summed E-state index contributed by atoms with van der Waals surface area (Å²) >= 11 is 0. The molecule has 0 aliphatic heterocycles. The van der Waals surface area contributed by atoms with E-state index < -0.39 is 0 Å². The molecule has 0 spiro atoms. The molecule has 0 aliphatic carbocycles. The minimum absolute atomic E-state index is 0.169. The average molecular weight is 295 g/mol. The van der Waals surface area contributed by atoms with E-state index in [1.807, 2.05) is 0 Å². The molecule has 3 heteroatoms. The number of nitrogens with zero attached hydrogens (tertiary/aromatic N) is 1. The molecule has 0 atom stereocenters. The monoisotopic (exact) mass is 295 g/mol. The van der Waals surface area contributed by atoms with E-state index >= 15 is 0 Å². The Bertz CT molecular complexity index is 563. The van der Waals surface area contributed by atoms with Gasteiger partial charge in [0.1, 0.15) is 0 Å². The van der Waals surface area contributed by atoms with Gasteiger partial charge in [0.2, 0.25) is 0 Å². The van der Waals surface area contributed by atoms with Gasteiger partial charge in [0, 0.05) is 12.5 Å². The predicted molar refractivity (Wildman–Crippen MR) is 94.1 cm³/mol. The molecule has 0 fully saturated rings. The van der Waals surface area contributed by atoms with Crippen LogP contribution >= 0.6 is 0 Å². The van der Waals surface area contributed by atoms with Gasteiger partial charge in [-0.05, 0) is 37.8 Å². The van der Waals surface area contributed by atoms with Crippen LogP contribution in [0.15, 0.2) is 53.5 Å². The number of aryl methyl sites for hydroxylation is 2. The maximum atomic E-state index is 5.39. The molecule has 0 saturated carbocycles. The minimum Gasteiger partial charge on any atom is -0.370 e. The zero-order valence-electron chi connectivity index (χ0n) is 13.4. The molecule has 2 aromatic rings. The van der Waals surface area contributed by atoms with Crippen molar-refractivity contribution in [3.8, 4) is 0 Å². The molecule has 0 bridgehead atoms. The molecule has 2 rings (SSSR count). The van der Waals surface area contributed by atoms with E-state index in [0.29, 0.717) is 12.5 Å². The molecule has 0 aliphatic rings. The Morgan fingerprint density at radius 1 is 0.864 bits per heavy atom. The summed E-state index contributed by atoms with van der Waals surface area (Å²) in [6.07, 6.45) is 1.99. The lowest BCUT2D eigenvalue weighted by atomic mass is 9.87. The van der Waals surface area contributed by atoms with Crippen molar-refractivity contribution in [2.45, 2.75) is 32.6 Å². The van der Waals surface area contributed by atoms with Gasteiger partial charge in [-0.15, -0.1) is 0 Å². The molecule has 0 amide bonds. The van der Waals surface area contributed by atoms with Crippen LogP contribution in [-0.4, -0.2) is 12.5 Å². The van der Waals surface area contributed by atoms with Gasteiger partial charge >= 0.3 is 0 Å². The third kappa shape index (κ3) is 4.62. The zero-order chi connectivity index (χ0) is 15.9. The van der Waals surface area contributed by atoms with Crippen LogP contribution in [-0.2, 0) is 0 Å². The van der Waals surface area contributed by atoms with Crippen LogP contribution in [0.25, 0.3) is 0 Å². The van der Waals surface area contributed by atoms with Gasteiger partial charge in [-0.3, -0.25) is 4.99 Å². The fourth-order valence-electron chi connectivity index (χ4n) is 2.63. The van der Waals surface area contributed by atoms with Crippen molar-refractivity contribution in [1.29, 1.82) is 0 Å². The summed E-state index contributed by atoms with van der Waals surface area (Å²) in [6, 6.07) is 17.6. The van der Waals surface area contributed by atoms with E-state index in [1.54, 1.807) is 0 Å². The van der Waals surface area contributed by atoms with Crippen molar-refractivity contribution >= 4 is 5.96 Å². The third-order valence-corrected chi connectivity index (χ3v) is 3.90. The Labute approximate surface area is 133 Å². The summed E-state index contributed by atoms with van der Waals surface area (Å²) in [7, 11) is 0. The number of guanidine groups is 1. The molecule has 3 nitrogen and oxygen atoms in total.